The highest BCUT2D eigenvalue weighted by molar-refractivity contribution is 7.98. The minimum atomic E-state index is 0.505. The van der Waals surface area contributed by atoms with E-state index in [2.05, 4.69) is 48.4 Å². The molecule has 1 aliphatic rings. The number of benzene rings is 1. The summed E-state index contributed by atoms with van der Waals surface area (Å²) in [5.41, 5.74) is 8.23. The van der Waals surface area contributed by atoms with Crippen LogP contribution in [0.2, 0.25) is 0 Å². The monoisotopic (exact) mass is 323 g/mol. The van der Waals surface area contributed by atoms with E-state index in [0.717, 1.165) is 24.6 Å². The summed E-state index contributed by atoms with van der Waals surface area (Å²) in [6.07, 6.45) is 4.54. The van der Waals surface area contributed by atoms with Gasteiger partial charge in [0.25, 0.3) is 0 Å². The summed E-state index contributed by atoms with van der Waals surface area (Å²) in [6.45, 7) is 3.36. The lowest BCUT2D eigenvalue weighted by atomic mass is 9.95. The Kier molecular flexibility index (Phi) is 5.90. The second-order valence-corrected chi connectivity index (χ2v) is 7.20. The van der Waals surface area contributed by atoms with Crippen LogP contribution in [0.4, 0.5) is 5.69 Å². The molecule has 1 aromatic rings. The number of piperidine rings is 1. The van der Waals surface area contributed by atoms with Crippen molar-refractivity contribution in [2.24, 2.45) is 11.7 Å². The first kappa shape index (κ1) is 16.6. The van der Waals surface area contributed by atoms with Gasteiger partial charge in [-0.25, -0.2) is 0 Å². The van der Waals surface area contributed by atoms with Crippen LogP contribution in [0.3, 0.4) is 0 Å². The first-order valence-electron chi connectivity index (χ1n) is 7.39. The van der Waals surface area contributed by atoms with Crippen LogP contribution in [0.5, 0.6) is 0 Å². The summed E-state index contributed by atoms with van der Waals surface area (Å²) in [5.74, 6) is 0.799. The number of nitrogens with zero attached hydrogens (tertiary/aromatic N) is 2. The molecule has 0 unspecified atom stereocenters. The molecule has 0 bridgehead atoms. The third-order valence-electron chi connectivity index (χ3n) is 4.05. The molecule has 0 aromatic heterocycles. The van der Waals surface area contributed by atoms with Crippen molar-refractivity contribution in [3.8, 4) is 0 Å². The molecule has 1 aromatic carbocycles. The molecule has 1 fully saturated rings. The molecule has 2 N–H and O–H groups in total. The SMILES string of the molecule is CSc1cccc(N2CCC(CN(C)C)CC2)c1C(N)=S. The summed E-state index contributed by atoms with van der Waals surface area (Å²) in [7, 11) is 4.30. The average Bonchev–Trinajstić information content (AvgIpc) is 2.46. The van der Waals surface area contributed by atoms with Gasteiger partial charge < -0.3 is 15.5 Å². The van der Waals surface area contributed by atoms with Gasteiger partial charge in [-0.05, 0) is 51.2 Å². The van der Waals surface area contributed by atoms with Crippen LogP contribution in [0, 0.1) is 5.92 Å². The predicted molar refractivity (Wildman–Crippen MR) is 97.6 cm³/mol. The highest BCUT2D eigenvalue weighted by Gasteiger charge is 2.23. The number of hydrogen-bond donors (Lipinski definition) is 1. The number of rotatable bonds is 5. The lowest BCUT2D eigenvalue weighted by Gasteiger charge is -2.36. The second-order valence-electron chi connectivity index (χ2n) is 5.91. The third-order valence-corrected chi connectivity index (χ3v) is 5.03. The molecule has 0 atom stereocenters. The Hall–Kier alpha value is -0.780. The summed E-state index contributed by atoms with van der Waals surface area (Å²) in [6, 6.07) is 6.36. The van der Waals surface area contributed by atoms with E-state index in [4.69, 9.17) is 18.0 Å². The fraction of sp³-hybridized carbons (Fsp3) is 0.562. The molecule has 2 rings (SSSR count). The van der Waals surface area contributed by atoms with Crippen LogP contribution >= 0.6 is 24.0 Å². The van der Waals surface area contributed by atoms with Gasteiger partial charge in [0.15, 0.2) is 0 Å². The van der Waals surface area contributed by atoms with Gasteiger partial charge in [-0.2, -0.15) is 0 Å². The van der Waals surface area contributed by atoms with Crippen LogP contribution in [-0.2, 0) is 0 Å². The Balaban J connectivity index is 2.15. The summed E-state index contributed by atoms with van der Waals surface area (Å²) < 4.78 is 0. The fourth-order valence-electron chi connectivity index (χ4n) is 3.07. The number of nitrogens with two attached hydrogens (primary N) is 1. The molecule has 3 nitrogen and oxygen atoms in total. The topological polar surface area (TPSA) is 32.5 Å². The van der Waals surface area contributed by atoms with E-state index < -0.39 is 0 Å². The number of thioether (sulfide) groups is 1. The lowest BCUT2D eigenvalue weighted by Crippen LogP contribution is -2.38. The predicted octanol–water partition coefficient (Wildman–Crippen LogP) is 2.82. The van der Waals surface area contributed by atoms with E-state index in [0.29, 0.717) is 4.99 Å². The molecule has 116 valence electrons. The van der Waals surface area contributed by atoms with Crippen LogP contribution < -0.4 is 10.6 Å². The zero-order valence-corrected chi connectivity index (χ0v) is 14.8. The van der Waals surface area contributed by atoms with Crippen molar-refractivity contribution >= 4 is 34.7 Å². The number of hydrogen-bond acceptors (Lipinski definition) is 4. The molecule has 1 heterocycles. The third kappa shape index (κ3) is 4.11. The standard InChI is InChI=1S/C16H25N3S2/c1-18(2)11-12-7-9-19(10-8-12)13-5-4-6-14(21-3)15(13)16(17)20/h4-6,12H,7-11H2,1-3H3,(H2,17,20). The van der Waals surface area contributed by atoms with Crippen molar-refractivity contribution in [2.45, 2.75) is 17.7 Å². The van der Waals surface area contributed by atoms with E-state index in [1.165, 1.54) is 30.0 Å². The van der Waals surface area contributed by atoms with E-state index in [1.807, 2.05) is 0 Å². The van der Waals surface area contributed by atoms with E-state index in [1.54, 1.807) is 11.8 Å². The first-order valence-corrected chi connectivity index (χ1v) is 9.02. The van der Waals surface area contributed by atoms with Crippen molar-refractivity contribution in [3.05, 3.63) is 23.8 Å². The molecular formula is C16H25N3S2. The Morgan fingerprint density at radius 1 is 1.38 bits per heavy atom. The average molecular weight is 324 g/mol. The normalized spacial score (nSPS) is 16.5. The molecule has 0 amide bonds. The van der Waals surface area contributed by atoms with E-state index in [9.17, 15) is 0 Å². The van der Waals surface area contributed by atoms with Crippen LogP contribution in [0.15, 0.2) is 23.1 Å². The van der Waals surface area contributed by atoms with Gasteiger partial charge in [-0.1, -0.05) is 18.3 Å². The van der Waals surface area contributed by atoms with Gasteiger partial charge in [0.1, 0.15) is 4.99 Å². The first-order chi connectivity index (χ1) is 10.0. The van der Waals surface area contributed by atoms with Crippen LogP contribution in [0.25, 0.3) is 0 Å². The molecule has 21 heavy (non-hydrogen) atoms. The highest BCUT2D eigenvalue weighted by Crippen LogP contribution is 2.32. The van der Waals surface area contributed by atoms with Gasteiger partial charge in [0, 0.05) is 35.8 Å². The second kappa shape index (κ2) is 7.47. The van der Waals surface area contributed by atoms with Crippen molar-refractivity contribution in [3.63, 3.8) is 0 Å². The molecular weight excluding hydrogens is 298 g/mol. The van der Waals surface area contributed by atoms with Crippen LogP contribution in [-0.4, -0.2) is 49.9 Å². The lowest BCUT2D eigenvalue weighted by molar-refractivity contribution is 0.285. The van der Waals surface area contributed by atoms with Gasteiger partial charge >= 0.3 is 0 Å². The zero-order chi connectivity index (χ0) is 15.4. The molecule has 0 aliphatic carbocycles. The molecule has 1 saturated heterocycles. The molecule has 5 heteroatoms. The summed E-state index contributed by atoms with van der Waals surface area (Å²) >= 11 is 6.99. The quantitative estimate of drug-likeness (QED) is 0.665. The maximum atomic E-state index is 5.98. The summed E-state index contributed by atoms with van der Waals surface area (Å²) in [4.78, 5) is 6.41. The van der Waals surface area contributed by atoms with E-state index in [-0.39, 0.29) is 0 Å². The Morgan fingerprint density at radius 3 is 2.57 bits per heavy atom. The summed E-state index contributed by atoms with van der Waals surface area (Å²) in [5, 5.41) is 0. The van der Waals surface area contributed by atoms with E-state index >= 15 is 0 Å². The maximum absolute atomic E-state index is 5.98. The van der Waals surface area contributed by atoms with Gasteiger partial charge in [-0.15, -0.1) is 11.8 Å². The largest absolute Gasteiger partial charge is 0.389 e. The smallest absolute Gasteiger partial charge is 0.107 e. The van der Waals surface area contributed by atoms with Gasteiger partial charge in [-0.3, -0.25) is 0 Å². The fourth-order valence-corrected chi connectivity index (χ4v) is 3.99. The minimum absolute atomic E-state index is 0.505. The Labute approximate surface area is 137 Å². The van der Waals surface area contributed by atoms with Crippen molar-refractivity contribution < 1.29 is 0 Å². The number of anilines is 1. The molecule has 0 spiro atoms. The maximum Gasteiger partial charge on any atom is 0.107 e. The minimum Gasteiger partial charge on any atom is -0.389 e. The zero-order valence-electron chi connectivity index (χ0n) is 13.1. The molecule has 0 radical (unpaired) electrons. The van der Waals surface area contributed by atoms with Gasteiger partial charge in [0.05, 0.1) is 0 Å². The van der Waals surface area contributed by atoms with Crippen molar-refractivity contribution in [1.29, 1.82) is 0 Å². The Bertz CT molecular complexity index is 494. The van der Waals surface area contributed by atoms with Crippen molar-refractivity contribution in [2.75, 3.05) is 44.9 Å². The molecule has 0 saturated carbocycles. The van der Waals surface area contributed by atoms with Crippen molar-refractivity contribution in [1.82, 2.24) is 4.90 Å². The van der Waals surface area contributed by atoms with Crippen LogP contribution in [0.1, 0.15) is 18.4 Å². The Morgan fingerprint density at radius 2 is 2.05 bits per heavy atom. The molecule has 1 aliphatic heterocycles. The highest BCUT2D eigenvalue weighted by atomic mass is 32.2. The number of thiocarbonyl (C=S) groups is 1. The van der Waals surface area contributed by atoms with Gasteiger partial charge in [0.2, 0.25) is 0 Å².